The van der Waals surface area contributed by atoms with Crippen LogP contribution >= 0.6 is 0 Å². The van der Waals surface area contributed by atoms with Gasteiger partial charge in [-0.25, -0.2) is 0 Å². The predicted molar refractivity (Wildman–Crippen MR) is 45.0 cm³/mol. The van der Waals surface area contributed by atoms with Crippen LogP contribution in [0.5, 0.6) is 0 Å². The van der Waals surface area contributed by atoms with E-state index in [9.17, 15) is 0 Å². The normalized spacial score (nSPS) is 20.4. The Morgan fingerprint density at radius 3 is 2.73 bits per heavy atom. The largest absolute Gasteiger partial charge is 0.317 e. The summed E-state index contributed by atoms with van der Waals surface area (Å²) in [4.78, 5) is 0. The first-order valence-electron chi connectivity index (χ1n) is 4.42. The van der Waals surface area contributed by atoms with E-state index in [1.54, 1.807) is 0 Å². The lowest BCUT2D eigenvalue weighted by molar-refractivity contribution is 0.229. The molecule has 62 valence electrons. The van der Waals surface area contributed by atoms with Crippen LogP contribution in [0.1, 0.15) is 32.1 Å². The third-order valence-corrected chi connectivity index (χ3v) is 2.66. The van der Waals surface area contributed by atoms with Gasteiger partial charge in [0.1, 0.15) is 0 Å². The van der Waals surface area contributed by atoms with Crippen molar-refractivity contribution in [2.24, 2.45) is 5.92 Å². The molecule has 1 atom stereocenters. The zero-order valence-corrected chi connectivity index (χ0v) is 7.14. The van der Waals surface area contributed by atoms with E-state index in [1.165, 1.54) is 19.3 Å². The maximum Gasteiger partial charge on any atom is 0.0622 e. The lowest BCUT2D eigenvalue weighted by Crippen LogP contribution is -2.37. The van der Waals surface area contributed by atoms with Gasteiger partial charge in [0, 0.05) is 12.5 Å². The standard InChI is InChI=1S/C9H16N2/c1-11-9(6-3-7-10)8-4-2-5-8/h8-9,11H,2-6H2,1H3. The highest BCUT2D eigenvalue weighted by Gasteiger charge is 2.25. The predicted octanol–water partition coefficient (Wildman–Crippen LogP) is 1.68. The second-order valence-electron chi connectivity index (χ2n) is 3.28. The molecule has 1 aliphatic carbocycles. The second-order valence-corrected chi connectivity index (χ2v) is 3.28. The van der Waals surface area contributed by atoms with Gasteiger partial charge in [0.2, 0.25) is 0 Å². The summed E-state index contributed by atoms with van der Waals surface area (Å²) < 4.78 is 0. The number of rotatable bonds is 4. The molecular weight excluding hydrogens is 136 g/mol. The smallest absolute Gasteiger partial charge is 0.0622 e. The van der Waals surface area contributed by atoms with Crippen molar-refractivity contribution >= 4 is 0 Å². The average Bonchev–Trinajstić information content (AvgIpc) is 1.93. The first kappa shape index (κ1) is 8.55. The van der Waals surface area contributed by atoms with E-state index in [2.05, 4.69) is 11.4 Å². The highest BCUT2D eigenvalue weighted by molar-refractivity contribution is 4.84. The van der Waals surface area contributed by atoms with Crippen LogP contribution in [0, 0.1) is 17.2 Å². The summed E-state index contributed by atoms with van der Waals surface area (Å²) in [5.41, 5.74) is 0. The highest BCUT2D eigenvalue weighted by atomic mass is 14.9. The second kappa shape index (κ2) is 4.35. The van der Waals surface area contributed by atoms with E-state index in [1.807, 2.05) is 7.05 Å². The minimum Gasteiger partial charge on any atom is -0.317 e. The monoisotopic (exact) mass is 152 g/mol. The lowest BCUT2D eigenvalue weighted by Gasteiger charge is -2.33. The van der Waals surface area contributed by atoms with E-state index in [4.69, 9.17) is 5.26 Å². The molecule has 0 radical (unpaired) electrons. The maximum absolute atomic E-state index is 8.41. The van der Waals surface area contributed by atoms with E-state index in [0.29, 0.717) is 12.5 Å². The highest BCUT2D eigenvalue weighted by Crippen LogP contribution is 2.30. The van der Waals surface area contributed by atoms with Crippen LogP contribution in [0.4, 0.5) is 0 Å². The van der Waals surface area contributed by atoms with Crippen molar-refractivity contribution in [1.29, 1.82) is 5.26 Å². The Labute approximate surface area is 68.6 Å². The van der Waals surface area contributed by atoms with Crippen LogP contribution < -0.4 is 5.32 Å². The average molecular weight is 152 g/mol. The van der Waals surface area contributed by atoms with E-state index < -0.39 is 0 Å². The molecule has 0 aromatic rings. The molecule has 0 amide bonds. The minimum atomic E-state index is 0.600. The van der Waals surface area contributed by atoms with Gasteiger partial charge in [-0.1, -0.05) is 6.42 Å². The van der Waals surface area contributed by atoms with Gasteiger partial charge in [-0.05, 0) is 32.2 Å². The Morgan fingerprint density at radius 1 is 1.64 bits per heavy atom. The molecule has 0 spiro atoms. The number of nitriles is 1. The van der Waals surface area contributed by atoms with Crippen molar-refractivity contribution < 1.29 is 0 Å². The third kappa shape index (κ3) is 2.20. The Bertz CT molecular complexity index is 144. The molecule has 0 aromatic carbocycles. The molecule has 1 N–H and O–H groups in total. The van der Waals surface area contributed by atoms with Crippen molar-refractivity contribution in [1.82, 2.24) is 5.32 Å². The first-order chi connectivity index (χ1) is 5.38. The SMILES string of the molecule is CNC(CCC#N)C1CCC1. The molecule has 1 aliphatic rings. The van der Waals surface area contributed by atoms with Crippen LogP contribution in [-0.2, 0) is 0 Å². The van der Waals surface area contributed by atoms with Crippen molar-refractivity contribution in [2.75, 3.05) is 7.05 Å². The van der Waals surface area contributed by atoms with Gasteiger partial charge in [0.05, 0.1) is 6.07 Å². The molecule has 1 saturated carbocycles. The molecule has 0 aliphatic heterocycles. The molecule has 11 heavy (non-hydrogen) atoms. The van der Waals surface area contributed by atoms with Crippen LogP contribution in [-0.4, -0.2) is 13.1 Å². The molecule has 1 unspecified atom stereocenters. The van der Waals surface area contributed by atoms with Gasteiger partial charge in [0.25, 0.3) is 0 Å². The summed E-state index contributed by atoms with van der Waals surface area (Å²) in [5, 5.41) is 11.7. The maximum atomic E-state index is 8.41. The van der Waals surface area contributed by atoms with E-state index >= 15 is 0 Å². The van der Waals surface area contributed by atoms with Crippen LogP contribution in [0.2, 0.25) is 0 Å². The van der Waals surface area contributed by atoms with Gasteiger partial charge in [-0.15, -0.1) is 0 Å². The summed E-state index contributed by atoms with van der Waals surface area (Å²) in [5.74, 6) is 0.855. The fraction of sp³-hybridized carbons (Fsp3) is 0.889. The van der Waals surface area contributed by atoms with Gasteiger partial charge < -0.3 is 5.32 Å². The quantitative estimate of drug-likeness (QED) is 0.665. The van der Waals surface area contributed by atoms with Crippen molar-refractivity contribution in [3.8, 4) is 6.07 Å². The molecule has 0 aromatic heterocycles. The summed E-state index contributed by atoms with van der Waals surface area (Å²) in [6, 6.07) is 2.80. The minimum absolute atomic E-state index is 0.600. The number of hydrogen-bond donors (Lipinski definition) is 1. The number of hydrogen-bond acceptors (Lipinski definition) is 2. The lowest BCUT2D eigenvalue weighted by atomic mass is 9.78. The Morgan fingerprint density at radius 2 is 2.36 bits per heavy atom. The molecule has 0 saturated heterocycles. The Balaban J connectivity index is 2.19. The van der Waals surface area contributed by atoms with Crippen molar-refractivity contribution in [3.05, 3.63) is 0 Å². The fourth-order valence-corrected chi connectivity index (χ4v) is 1.68. The molecule has 1 rings (SSSR count). The molecule has 0 heterocycles. The van der Waals surface area contributed by atoms with Gasteiger partial charge in [-0.3, -0.25) is 0 Å². The van der Waals surface area contributed by atoms with E-state index in [-0.39, 0.29) is 0 Å². The van der Waals surface area contributed by atoms with Crippen LogP contribution in [0.3, 0.4) is 0 Å². The number of nitrogens with one attached hydrogen (secondary N) is 1. The van der Waals surface area contributed by atoms with E-state index in [0.717, 1.165) is 12.3 Å². The van der Waals surface area contributed by atoms with Gasteiger partial charge in [-0.2, -0.15) is 5.26 Å². The molecule has 1 fully saturated rings. The summed E-state index contributed by atoms with van der Waals surface area (Å²) in [6.07, 6.45) is 5.82. The van der Waals surface area contributed by atoms with Gasteiger partial charge >= 0.3 is 0 Å². The zero-order chi connectivity index (χ0) is 8.10. The molecule has 2 heteroatoms. The van der Waals surface area contributed by atoms with Gasteiger partial charge in [0.15, 0.2) is 0 Å². The summed E-state index contributed by atoms with van der Waals surface area (Å²) in [6.45, 7) is 0. The molecule has 2 nitrogen and oxygen atoms in total. The Kier molecular flexibility index (Phi) is 3.38. The fourth-order valence-electron chi connectivity index (χ4n) is 1.68. The molecular formula is C9H16N2. The number of nitrogens with zero attached hydrogens (tertiary/aromatic N) is 1. The van der Waals surface area contributed by atoms with Crippen molar-refractivity contribution in [2.45, 2.75) is 38.1 Å². The van der Waals surface area contributed by atoms with Crippen molar-refractivity contribution in [3.63, 3.8) is 0 Å². The van der Waals surface area contributed by atoms with Crippen LogP contribution in [0.15, 0.2) is 0 Å². The first-order valence-corrected chi connectivity index (χ1v) is 4.42. The third-order valence-electron chi connectivity index (χ3n) is 2.66. The summed E-state index contributed by atoms with van der Waals surface area (Å²) >= 11 is 0. The van der Waals surface area contributed by atoms with Crippen LogP contribution in [0.25, 0.3) is 0 Å². The topological polar surface area (TPSA) is 35.8 Å². The molecule has 0 bridgehead atoms. The Hall–Kier alpha value is -0.550. The zero-order valence-electron chi connectivity index (χ0n) is 7.14. The summed E-state index contributed by atoms with van der Waals surface area (Å²) in [7, 11) is 2.00.